The maximum absolute atomic E-state index is 11.4. The van der Waals surface area contributed by atoms with Gasteiger partial charge in [0.2, 0.25) is 0 Å². The summed E-state index contributed by atoms with van der Waals surface area (Å²) in [5.41, 5.74) is -0.267. The summed E-state index contributed by atoms with van der Waals surface area (Å²) in [5, 5.41) is 0. The van der Waals surface area contributed by atoms with Gasteiger partial charge in [-0.2, -0.15) is 0 Å². The largest absolute Gasteiger partial charge is 0.457 e. The van der Waals surface area contributed by atoms with E-state index in [0.29, 0.717) is 0 Å². The van der Waals surface area contributed by atoms with Gasteiger partial charge in [0.15, 0.2) is 3.74 Å². The standard InChI is InChI=1S/C9H15Br2NO2/c1-9(14-8(13)7(10)11)3-5-12(2)6-4-9/h7H,3-6H2,1-2H3/p+1. The highest BCUT2D eigenvalue weighted by molar-refractivity contribution is 9.25. The van der Waals surface area contributed by atoms with Gasteiger partial charge in [-0.15, -0.1) is 0 Å². The summed E-state index contributed by atoms with van der Waals surface area (Å²) in [5.74, 6) is -0.230. The van der Waals surface area contributed by atoms with Crippen molar-refractivity contribution < 1.29 is 14.4 Å². The summed E-state index contributed by atoms with van der Waals surface area (Å²) >= 11 is 6.28. The van der Waals surface area contributed by atoms with E-state index in [1.54, 1.807) is 0 Å². The number of quaternary nitrogens is 1. The lowest BCUT2D eigenvalue weighted by Gasteiger charge is -2.35. The van der Waals surface area contributed by atoms with E-state index in [-0.39, 0.29) is 15.3 Å². The molecule has 1 heterocycles. The van der Waals surface area contributed by atoms with Crippen LogP contribution in [0.4, 0.5) is 0 Å². The van der Waals surface area contributed by atoms with E-state index in [0.717, 1.165) is 25.9 Å². The maximum atomic E-state index is 11.4. The number of esters is 1. The van der Waals surface area contributed by atoms with Crippen LogP contribution in [0.15, 0.2) is 0 Å². The zero-order chi connectivity index (χ0) is 10.8. The molecule has 3 nitrogen and oxygen atoms in total. The van der Waals surface area contributed by atoms with Crippen molar-refractivity contribution in [3.63, 3.8) is 0 Å². The van der Waals surface area contributed by atoms with Crippen molar-refractivity contribution in [2.24, 2.45) is 0 Å². The molecule has 0 radical (unpaired) electrons. The van der Waals surface area contributed by atoms with E-state index in [4.69, 9.17) is 4.74 Å². The van der Waals surface area contributed by atoms with Gasteiger partial charge in [0, 0.05) is 12.8 Å². The molecule has 1 aliphatic rings. The smallest absolute Gasteiger partial charge is 0.331 e. The van der Waals surface area contributed by atoms with Crippen LogP contribution in [0.1, 0.15) is 19.8 Å². The van der Waals surface area contributed by atoms with Gasteiger partial charge in [0.25, 0.3) is 0 Å². The van der Waals surface area contributed by atoms with Gasteiger partial charge in [-0.25, -0.2) is 4.79 Å². The Hall–Kier alpha value is 0.390. The fourth-order valence-corrected chi connectivity index (χ4v) is 1.78. The summed E-state index contributed by atoms with van der Waals surface area (Å²) in [6.07, 6.45) is 1.88. The molecule has 0 amide bonds. The molecule has 0 aromatic rings. The molecule has 1 aliphatic heterocycles. The van der Waals surface area contributed by atoms with Gasteiger partial charge in [-0.05, 0) is 6.92 Å². The Morgan fingerprint density at radius 3 is 2.36 bits per heavy atom. The average Bonchev–Trinajstić information content (AvgIpc) is 2.10. The number of nitrogens with one attached hydrogen (secondary N) is 1. The first-order valence-electron chi connectivity index (χ1n) is 4.75. The van der Waals surface area contributed by atoms with Gasteiger partial charge in [0.05, 0.1) is 20.1 Å². The van der Waals surface area contributed by atoms with Crippen LogP contribution in [-0.4, -0.2) is 35.4 Å². The number of hydrogen-bond acceptors (Lipinski definition) is 2. The predicted molar refractivity (Wildman–Crippen MR) is 62.0 cm³/mol. The van der Waals surface area contributed by atoms with Crippen LogP contribution in [0.3, 0.4) is 0 Å². The second-order valence-electron chi connectivity index (χ2n) is 4.13. The van der Waals surface area contributed by atoms with Crippen molar-refractivity contribution in [3.05, 3.63) is 0 Å². The highest BCUT2D eigenvalue weighted by Crippen LogP contribution is 2.23. The van der Waals surface area contributed by atoms with Crippen LogP contribution in [0.25, 0.3) is 0 Å². The molecule has 0 spiro atoms. The Morgan fingerprint density at radius 2 is 1.93 bits per heavy atom. The minimum Gasteiger partial charge on any atom is -0.457 e. The number of carbonyl (C=O) groups is 1. The number of rotatable bonds is 2. The monoisotopic (exact) mass is 328 g/mol. The molecule has 1 fully saturated rings. The SMILES string of the molecule is C[NH+]1CCC(C)(OC(=O)C(Br)Br)CC1. The molecule has 0 atom stereocenters. The Kier molecular flexibility index (Phi) is 4.40. The third-order valence-electron chi connectivity index (χ3n) is 2.69. The lowest BCUT2D eigenvalue weighted by molar-refractivity contribution is -0.887. The fraction of sp³-hybridized carbons (Fsp3) is 0.889. The first kappa shape index (κ1) is 12.5. The van der Waals surface area contributed by atoms with Crippen LogP contribution in [0.5, 0.6) is 0 Å². The van der Waals surface area contributed by atoms with Crippen LogP contribution in [-0.2, 0) is 9.53 Å². The molecular formula is C9H16Br2NO2+. The normalized spacial score (nSPS) is 33.1. The second kappa shape index (κ2) is 4.94. The highest BCUT2D eigenvalue weighted by Gasteiger charge is 2.35. The van der Waals surface area contributed by atoms with Gasteiger partial charge in [-0.1, -0.05) is 31.9 Å². The summed E-state index contributed by atoms with van der Waals surface area (Å²) in [4.78, 5) is 12.9. The Labute approximate surface area is 101 Å². The van der Waals surface area contributed by atoms with Crippen LogP contribution < -0.4 is 4.90 Å². The van der Waals surface area contributed by atoms with Crippen molar-refractivity contribution in [2.75, 3.05) is 20.1 Å². The van der Waals surface area contributed by atoms with E-state index < -0.39 is 0 Å². The minimum atomic E-state index is -0.390. The Morgan fingerprint density at radius 1 is 1.43 bits per heavy atom. The molecule has 0 saturated carbocycles. The summed E-state index contributed by atoms with van der Waals surface area (Å²) in [6.45, 7) is 4.15. The summed E-state index contributed by atoms with van der Waals surface area (Å²) in [6, 6.07) is 0. The molecule has 0 bridgehead atoms. The quantitative estimate of drug-likeness (QED) is 0.597. The Balaban J connectivity index is 2.46. The zero-order valence-corrected chi connectivity index (χ0v) is 11.7. The molecule has 1 saturated heterocycles. The van der Waals surface area contributed by atoms with Crippen LogP contribution >= 0.6 is 31.9 Å². The van der Waals surface area contributed by atoms with E-state index in [2.05, 4.69) is 38.9 Å². The topological polar surface area (TPSA) is 30.7 Å². The number of ether oxygens (including phenoxy) is 1. The molecule has 1 N–H and O–H groups in total. The fourth-order valence-electron chi connectivity index (χ4n) is 1.60. The van der Waals surface area contributed by atoms with Crippen molar-refractivity contribution in [1.82, 2.24) is 0 Å². The predicted octanol–water partition coefficient (Wildman–Crippen LogP) is 0.713. The lowest BCUT2D eigenvalue weighted by atomic mass is 9.94. The molecule has 82 valence electrons. The average molecular weight is 330 g/mol. The maximum Gasteiger partial charge on any atom is 0.331 e. The molecule has 0 aromatic carbocycles. The number of carbonyl (C=O) groups excluding carboxylic acids is 1. The Bertz CT molecular complexity index is 213. The summed E-state index contributed by atoms with van der Waals surface area (Å²) in [7, 11) is 2.17. The zero-order valence-electron chi connectivity index (χ0n) is 8.48. The number of hydrogen-bond donors (Lipinski definition) is 1. The minimum absolute atomic E-state index is 0.230. The van der Waals surface area contributed by atoms with Crippen molar-refractivity contribution >= 4 is 37.8 Å². The van der Waals surface area contributed by atoms with Crippen LogP contribution in [0.2, 0.25) is 0 Å². The molecule has 1 rings (SSSR count). The number of likely N-dealkylation sites (tertiary alicyclic amines) is 1. The van der Waals surface area contributed by atoms with E-state index in [1.165, 1.54) is 4.90 Å². The number of alkyl halides is 2. The van der Waals surface area contributed by atoms with E-state index in [1.807, 2.05) is 6.92 Å². The first-order valence-corrected chi connectivity index (χ1v) is 6.58. The van der Waals surface area contributed by atoms with Crippen LogP contribution in [0, 0.1) is 0 Å². The van der Waals surface area contributed by atoms with Gasteiger partial charge in [-0.3, -0.25) is 0 Å². The highest BCUT2D eigenvalue weighted by atomic mass is 79.9. The molecule has 0 aromatic heterocycles. The first-order chi connectivity index (χ1) is 6.43. The molecule has 5 heteroatoms. The van der Waals surface area contributed by atoms with E-state index in [9.17, 15) is 4.79 Å². The third-order valence-corrected chi connectivity index (χ3v) is 3.43. The van der Waals surface area contributed by atoms with E-state index >= 15 is 0 Å². The van der Waals surface area contributed by atoms with Gasteiger partial charge in [0.1, 0.15) is 5.60 Å². The molecule has 0 unspecified atom stereocenters. The number of piperidine rings is 1. The van der Waals surface area contributed by atoms with Crippen molar-refractivity contribution in [1.29, 1.82) is 0 Å². The molecular weight excluding hydrogens is 314 g/mol. The van der Waals surface area contributed by atoms with Gasteiger partial charge >= 0.3 is 5.97 Å². The molecule has 0 aliphatic carbocycles. The lowest BCUT2D eigenvalue weighted by Crippen LogP contribution is -3.10. The van der Waals surface area contributed by atoms with Gasteiger partial charge < -0.3 is 9.64 Å². The van der Waals surface area contributed by atoms with Crippen molar-refractivity contribution in [3.8, 4) is 0 Å². The third kappa shape index (κ3) is 3.51. The number of halogens is 2. The summed E-state index contributed by atoms with van der Waals surface area (Å²) < 4.78 is 5.05. The molecule has 14 heavy (non-hydrogen) atoms. The second-order valence-corrected chi connectivity index (χ2v) is 7.19. The van der Waals surface area contributed by atoms with Crippen molar-refractivity contribution in [2.45, 2.75) is 29.1 Å².